The molecule has 0 aliphatic carbocycles. The van der Waals surface area contributed by atoms with Crippen molar-refractivity contribution in [2.45, 2.75) is 19.3 Å². The molecule has 28 heavy (non-hydrogen) atoms. The monoisotopic (exact) mass is 371 g/mol. The summed E-state index contributed by atoms with van der Waals surface area (Å²) in [5, 5.41) is 0.522. The molecule has 4 nitrogen and oxygen atoms in total. The van der Waals surface area contributed by atoms with E-state index in [1.807, 2.05) is 60.7 Å². The molecule has 1 aromatic heterocycles. The molecule has 0 N–H and O–H groups in total. The van der Waals surface area contributed by atoms with E-state index in [4.69, 9.17) is 9.15 Å². The molecular formula is C24H21NO3. The summed E-state index contributed by atoms with van der Waals surface area (Å²) in [5.74, 6) is 1.04. The van der Waals surface area contributed by atoms with Crippen LogP contribution in [0.4, 0.5) is 0 Å². The molecule has 0 amide bonds. The normalized spacial score (nSPS) is 11.5. The van der Waals surface area contributed by atoms with E-state index in [9.17, 15) is 4.79 Å². The summed E-state index contributed by atoms with van der Waals surface area (Å²) in [6.07, 6.45) is 0. The van der Waals surface area contributed by atoms with Crippen molar-refractivity contribution in [2.24, 2.45) is 0 Å². The third-order valence-electron chi connectivity index (χ3n) is 5.16. The van der Waals surface area contributed by atoms with Gasteiger partial charge in [-0.3, -0.25) is 0 Å². The van der Waals surface area contributed by atoms with Gasteiger partial charge in [0.15, 0.2) is 0 Å². The molecule has 0 aliphatic heterocycles. The minimum Gasteiger partial charge on any atom is -0.497 e. The van der Waals surface area contributed by atoms with E-state index in [-0.39, 0.29) is 11.0 Å². The quantitative estimate of drug-likeness (QED) is 0.495. The molecular weight excluding hydrogens is 350 g/mol. The molecule has 3 aromatic carbocycles. The smallest absolute Gasteiger partial charge is 0.347 e. The molecule has 0 saturated carbocycles. The number of fused-ring (bicyclic) bond motifs is 1. The van der Waals surface area contributed by atoms with Gasteiger partial charge in [-0.25, -0.2) is 9.78 Å². The van der Waals surface area contributed by atoms with Crippen LogP contribution >= 0.6 is 0 Å². The Bertz CT molecular complexity index is 1180. The van der Waals surface area contributed by atoms with Crippen LogP contribution in [0.15, 0.2) is 82.0 Å². The number of nitrogens with zero attached hydrogens (tertiary/aromatic N) is 1. The second kappa shape index (κ2) is 6.97. The van der Waals surface area contributed by atoms with Gasteiger partial charge in [-0.15, -0.1) is 0 Å². The lowest BCUT2D eigenvalue weighted by Gasteiger charge is -2.27. The van der Waals surface area contributed by atoms with Crippen molar-refractivity contribution in [3.8, 4) is 17.2 Å². The first kappa shape index (κ1) is 18.0. The van der Waals surface area contributed by atoms with Crippen LogP contribution in [-0.4, -0.2) is 12.1 Å². The average molecular weight is 371 g/mol. The molecule has 0 unspecified atom stereocenters. The van der Waals surface area contributed by atoms with Gasteiger partial charge in [-0.05, 0) is 41.5 Å². The summed E-state index contributed by atoms with van der Waals surface area (Å²) in [4.78, 5) is 17.6. The summed E-state index contributed by atoms with van der Waals surface area (Å²) in [7, 11) is 1.61. The molecule has 4 heteroatoms. The summed E-state index contributed by atoms with van der Waals surface area (Å²) < 4.78 is 10.8. The maximum atomic E-state index is 13.0. The summed E-state index contributed by atoms with van der Waals surface area (Å²) in [5.41, 5.74) is 2.64. The molecule has 140 valence electrons. The number of ether oxygens (including phenoxy) is 1. The lowest BCUT2D eigenvalue weighted by Crippen LogP contribution is -2.21. The average Bonchev–Trinajstić information content (AvgIpc) is 2.74. The Balaban J connectivity index is 1.88. The summed E-state index contributed by atoms with van der Waals surface area (Å²) in [6.45, 7) is 4.21. The second-order valence-corrected chi connectivity index (χ2v) is 7.23. The number of rotatable bonds is 4. The highest BCUT2D eigenvalue weighted by molar-refractivity contribution is 5.83. The van der Waals surface area contributed by atoms with Crippen molar-refractivity contribution < 1.29 is 9.15 Å². The van der Waals surface area contributed by atoms with Crippen LogP contribution in [-0.2, 0) is 5.41 Å². The Morgan fingerprint density at radius 1 is 0.893 bits per heavy atom. The van der Waals surface area contributed by atoms with E-state index in [0.717, 1.165) is 22.4 Å². The largest absolute Gasteiger partial charge is 0.497 e. The Hall–Kier alpha value is -3.40. The van der Waals surface area contributed by atoms with Gasteiger partial charge in [0.2, 0.25) is 5.89 Å². The van der Waals surface area contributed by atoms with Crippen LogP contribution in [0.5, 0.6) is 5.75 Å². The standard InChI is InChI=1S/C24H21NO3/c1-24(2,17-8-5-4-6-9-17)19-10-7-11-20-21(19)23(26)28-22(25-20)16-12-14-18(27-3)15-13-16/h4-15H,1-3H3. The van der Waals surface area contributed by atoms with Crippen molar-refractivity contribution >= 4 is 10.9 Å². The highest BCUT2D eigenvalue weighted by Crippen LogP contribution is 2.35. The van der Waals surface area contributed by atoms with Crippen molar-refractivity contribution in [1.82, 2.24) is 4.98 Å². The fourth-order valence-electron chi connectivity index (χ4n) is 3.51. The molecule has 0 aliphatic rings. The predicted molar refractivity (Wildman–Crippen MR) is 111 cm³/mol. The van der Waals surface area contributed by atoms with Gasteiger partial charge in [0.25, 0.3) is 0 Å². The van der Waals surface area contributed by atoms with Gasteiger partial charge in [-0.2, -0.15) is 0 Å². The van der Waals surface area contributed by atoms with Crippen LogP contribution in [0.2, 0.25) is 0 Å². The SMILES string of the molecule is COc1ccc(-c2nc3cccc(C(C)(C)c4ccccc4)c3c(=O)o2)cc1. The fourth-order valence-corrected chi connectivity index (χ4v) is 3.51. The van der Waals surface area contributed by atoms with E-state index >= 15 is 0 Å². The molecule has 0 atom stereocenters. The van der Waals surface area contributed by atoms with Gasteiger partial charge in [0.1, 0.15) is 5.75 Å². The van der Waals surface area contributed by atoms with Crippen LogP contribution in [0.1, 0.15) is 25.0 Å². The maximum absolute atomic E-state index is 13.0. The first-order valence-corrected chi connectivity index (χ1v) is 9.15. The van der Waals surface area contributed by atoms with E-state index in [1.54, 1.807) is 7.11 Å². The molecule has 0 bridgehead atoms. The fraction of sp³-hybridized carbons (Fsp3) is 0.167. The first-order chi connectivity index (χ1) is 13.5. The Morgan fingerprint density at radius 2 is 1.61 bits per heavy atom. The number of methoxy groups -OCH3 is 1. The third-order valence-corrected chi connectivity index (χ3v) is 5.16. The van der Waals surface area contributed by atoms with Gasteiger partial charge in [0.05, 0.1) is 18.0 Å². The zero-order valence-electron chi connectivity index (χ0n) is 16.1. The molecule has 1 heterocycles. The van der Waals surface area contributed by atoms with Crippen LogP contribution < -0.4 is 10.4 Å². The van der Waals surface area contributed by atoms with E-state index in [1.165, 1.54) is 0 Å². The zero-order chi connectivity index (χ0) is 19.7. The number of benzene rings is 3. The minimum absolute atomic E-state index is 0.301. The van der Waals surface area contributed by atoms with Crippen molar-refractivity contribution in [2.75, 3.05) is 7.11 Å². The Kier molecular flexibility index (Phi) is 4.47. The first-order valence-electron chi connectivity index (χ1n) is 9.15. The molecule has 4 rings (SSSR count). The van der Waals surface area contributed by atoms with Crippen molar-refractivity contribution in [3.63, 3.8) is 0 Å². The number of hydrogen-bond donors (Lipinski definition) is 0. The van der Waals surface area contributed by atoms with Gasteiger partial charge in [-0.1, -0.05) is 56.3 Å². The molecule has 4 aromatic rings. The summed E-state index contributed by atoms with van der Waals surface area (Å²) in [6, 6.07) is 23.2. The molecule has 0 fully saturated rings. The van der Waals surface area contributed by atoms with E-state index < -0.39 is 0 Å². The molecule has 0 radical (unpaired) electrons. The summed E-state index contributed by atoms with van der Waals surface area (Å²) >= 11 is 0. The van der Waals surface area contributed by atoms with Crippen molar-refractivity contribution in [1.29, 1.82) is 0 Å². The molecule has 0 spiro atoms. The molecule has 0 saturated heterocycles. The van der Waals surface area contributed by atoms with E-state index in [2.05, 4.69) is 31.0 Å². The third kappa shape index (κ3) is 3.07. The van der Waals surface area contributed by atoms with E-state index in [0.29, 0.717) is 16.8 Å². The van der Waals surface area contributed by atoms with Crippen LogP contribution in [0, 0.1) is 0 Å². The van der Waals surface area contributed by atoms with Gasteiger partial charge >= 0.3 is 5.63 Å². The van der Waals surface area contributed by atoms with Crippen LogP contribution in [0.25, 0.3) is 22.4 Å². The highest BCUT2D eigenvalue weighted by Gasteiger charge is 2.27. The zero-order valence-corrected chi connectivity index (χ0v) is 16.1. The van der Waals surface area contributed by atoms with Gasteiger partial charge < -0.3 is 9.15 Å². The maximum Gasteiger partial charge on any atom is 0.347 e. The highest BCUT2D eigenvalue weighted by atomic mass is 16.5. The topological polar surface area (TPSA) is 52.3 Å². The predicted octanol–water partition coefficient (Wildman–Crippen LogP) is 5.19. The Labute approximate surface area is 163 Å². The lowest BCUT2D eigenvalue weighted by atomic mass is 9.77. The van der Waals surface area contributed by atoms with Gasteiger partial charge in [0, 0.05) is 11.0 Å². The van der Waals surface area contributed by atoms with Crippen molar-refractivity contribution in [3.05, 3.63) is 94.3 Å². The Morgan fingerprint density at radius 3 is 2.29 bits per heavy atom. The number of hydrogen-bond acceptors (Lipinski definition) is 4. The number of aromatic nitrogens is 1. The second-order valence-electron chi connectivity index (χ2n) is 7.23. The lowest BCUT2D eigenvalue weighted by molar-refractivity contribution is 0.415. The minimum atomic E-state index is -0.379. The van der Waals surface area contributed by atoms with Crippen LogP contribution in [0.3, 0.4) is 0 Å².